The van der Waals surface area contributed by atoms with Crippen LogP contribution < -0.4 is 11.1 Å². The zero-order chi connectivity index (χ0) is 35.9. The van der Waals surface area contributed by atoms with Gasteiger partial charge in [0, 0.05) is 99.4 Å². The summed E-state index contributed by atoms with van der Waals surface area (Å²) in [6.07, 6.45) is 0. The van der Waals surface area contributed by atoms with Crippen molar-refractivity contribution in [3.63, 3.8) is 0 Å². The number of nitrogens with zero attached hydrogens (tertiary/aromatic N) is 7. The molecule has 0 unspecified atom stereocenters. The SMILES string of the molecule is Cc1cc(N=Nc2ccc(Nc3nc(N)nc(Cl)n3)c3c(S(=O)(=O)O)cccc23)c(C)cc1N=Nc1cc(S(=O)(=O)O)ccc1S(=O)(=O)O.[Na].[Na].[Na]. The first-order valence-electron chi connectivity index (χ1n) is 13.3. The molecule has 0 aliphatic rings. The van der Waals surface area contributed by atoms with Gasteiger partial charge in [-0.1, -0.05) is 12.1 Å². The Morgan fingerprint density at radius 3 is 1.75 bits per heavy atom. The number of hydrogen-bond donors (Lipinski definition) is 5. The molecule has 3 radical (unpaired) electrons. The number of aromatic nitrogens is 3. The molecule has 0 aliphatic heterocycles. The average Bonchev–Trinajstić information content (AvgIpc) is 2.99. The van der Waals surface area contributed by atoms with Gasteiger partial charge in [0.05, 0.1) is 27.6 Å². The van der Waals surface area contributed by atoms with Crippen LogP contribution in [0.15, 0.2) is 95.8 Å². The van der Waals surface area contributed by atoms with Gasteiger partial charge in [-0.3, -0.25) is 13.7 Å². The van der Waals surface area contributed by atoms with Crippen LogP contribution in [-0.2, 0) is 30.4 Å². The molecule has 0 saturated heterocycles. The van der Waals surface area contributed by atoms with Crippen molar-refractivity contribution >= 4 is 182 Å². The van der Waals surface area contributed by atoms with Crippen LogP contribution in [0, 0.1) is 13.8 Å². The molecular weight excluding hydrogens is 795 g/mol. The van der Waals surface area contributed by atoms with Crippen molar-refractivity contribution < 1.29 is 38.9 Å². The summed E-state index contributed by atoms with van der Waals surface area (Å²) in [5.74, 6) is -0.290. The van der Waals surface area contributed by atoms with E-state index in [0.29, 0.717) is 16.8 Å². The number of hydrogen-bond acceptors (Lipinski definition) is 15. The number of rotatable bonds is 9. The van der Waals surface area contributed by atoms with E-state index in [-0.39, 0.29) is 134 Å². The van der Waals surface area contributed by atoms with Crippen LogP contribution in [0.4, 0.5) is 40.3 Å². The van der Waals surface area contributed by atoms with Gasteiger partial charge in [0.1, 0.15) is 15.5 Å². The topological polar surface area (TPSA) is 289 Å². The van der Waals surface area contributed by atoms with E-state index in [4.69, 9.17) is 17.3 Å². The predicted octanol–water partition coefficient (Wildman–Crippen LogP) is 5.05. The Labute approximate surface area is 368 Å². The number of benzene rings is 4. The third-order valence-corrected chi connectivity index (χ3v) is 9.50. The predicted molar refractivity (Wildman–Crippen MR) is 194 cm³/mol. The molecule has 0 atom stereocenters. The minimum atomic E-state index is -4.84. The van der Waals surface area contributed by atoms with Crippen LogP contribution in [0.2, 0.25) is 5.28 Å². The van der Waals surface area contributed by atoms with E-state index in [1.54, 1.807) is 26.0 Å². The van der Waals surface area contributed by atoms with Crippen LogP contribution in [0.5, 0.6) is 0 Å². The largest absolute Gasteiger partial charge is 0.368 e. The maximum atomic E-state index is 12.3. The van der Waals surface area contributed by atoms with Crippen molar-refractivity contribution in [1.29, 1.82) is 0 Å². The Morgan fingerprint density at radius 1 is 0.654 bits per heavy atom. The summed E-state index contributed by atoms with van der Waals surface area (Å²) < 4.78 is 100. The first-order chi connectivity index (χ1) is 22.8. The fraction of sp³-hybridized carbons (Fsp3) is 0.0741. The van der Waals surface area contributed by atoms with Crippen molar-refractivity contribution in [2.75, 3.05) is 11.1 Å². The normalized spacial score (nSPS) is 12.0. The minimum Gasteiger partial charge on any atom is -0.368 e. The molecule has 0 saturated carbocycles. The second kappa shape index (κ2) is 18.1. The number of azo groups is 2. The maximum absolute atomic E-state index is 12.3. The average molecular weight is 817 g/mol. The standard InChI is InChI=1S/C27H22ClN9O9S3.3Na/c1-13-11-20(36-37-21-12-15(47(38,39)40)6-9-22(21)48(41,42)43)14(2)10-19(13)35-34-17-7-8-18(30-27-32-25(28)31-26(29)33-27)24-16(17)4-3-5-23(24)49(44,45)46;;;/h3-12H,1-2H3,(H,38,39,40)(H,41,42,43)(H,44,45,46)(H3,29,30,31,32,33);;;. The van der Waals surface area contributed by atoms with E-state index in [0.717, 1.165) is 18.2 Å². The minimum absolute atomic E-state index is 0. The van der Waals surface area contributed by atoms with E-state index in [1.807, 2.05) is 0 Å². The summed E-state index contributed by atoms with van der Waals surface area (Å²) in [6.45, 7) is 3.28. The van der Waals surface area contributed by atoms with Crippen molar-refractivity contribution in [2.45, 2.75) is 28.5 Å². The second-order valence-corrected chi connectivity index (χ2v) is 14.6. The molecule has 18 nitrogen and oxygen atoms in total. The molecule has 6 N–H and O–H groups in total. The van der Waals surface area contributed by atoms with Crippen molar-refractivity contribution in [1.82, 2.24) is 15.0 Å². The first-order valence-corrected chi connectivity index (χ1v) is 18.0. The van der Waals surface area contributed by atoms with E-state index >= 15 is 0 Å². The van der Waals surface area contributed by atoms with Gasteiger partial charge < -0.3 is 11.1 Å². The second-order valence-electron chi connectivity index (χ2n) is 10.1. The van der Waals surface area contributed by atoms with Gasteiger partial charge in [0.2, 0.25) is 17.2 Å². The van der Waals surface area contributed by atoms with Crippen LogP contribution in [0.3, 0.4) is 0 Å². The summed E-state index contributed by atoms with van der Waals surface area (Å²) in [6, 6.07) is 12.5. The number of nitrogens with one attached hydrogen (secondary N) is 1. The molecule has 0 bridgehead atoms. The molecule has 1 aromatic heterocycles. The molecule has 0 spiro atoms. The van der Waals surface area contributed by atoms with E-state index in [9.17, 15) is 38.9 Å². The number of halogens is 1. The summed E-state index contributed by atoms with van der Waals surface area (Å²) in [5.41, 5.74) is 7.00. The Balaban J connectivity index is 0.00000312. The van der Waals surface area contributed by atoms with E-state index < -0.39 is 50.7 Å². The first kappa shape index (κ1) is 46.1. The summed E-state index contributed by atoms with van der Waals surface area (Å²) in [7, 11) is -14.3. The van der Waals surface area contributed by atoms with Gasteiger partial charge >= 0.3 is 0 Å². The van der Waals surface area contributed by atoms with Crippen molar-refractivity contribution in [3.8, 4) is 0 Å². The molecule has 0 aliphatic carbocycles. The molecule has 0 fully saturated rings. The molecule has 25 heteroatoms. The molecule has 4 aromatic carbocycles. The molecular formula is C27H22ClN9Na3O9S3. The van der Waals surface area contributed by atoms with Gasteiger partial charge in [-0.2, -0.15) is 50.4 Å². The number of nitrogens with two attached hydrogens (primary N) is 1. The molecule has 52 heavy (non-hydrogen) atoms. The molecule has 1 heterocycles. The van der Waals surface area contributed by atoms with Gasteiger partial charge in [0.15, 0.2) is 0 Å². The monoisotopic (exact) mass is 816 g/mol. The fourth-order valence-electron chi connectivity index (χ4n) is 4.48. The van der Waals surface area contributed by atoms with Gasteiger partial charge in [-0.15, -0.1) is 10.2 Å². The van der Waals surface area contributed by atoms with Crippen molar-refractivity contribution in [2.24, 2.45) is 20.5 Å². The van der Waals surface area contributed by atoms with Gasteiger partial charge in [0.25, 0.3) is 30.4 Å². The number of aryl methyl sites for hydroxylation is 2. The number of nitrogen functional groups attached to an aromatic ring is 1. The van der Waals surface area contributed by atoms with E-state index in [1.165, 1.54) is 30.3 Å². The van der Waals surface area contributed by atoms with Crippen molar-refractivity contribution in [3.05, 3.63) is 77.1 Å². The Hall–Kier alpha value is -2.03. The summed E-state index contributed by atoms with van der Waals surface area (Å²) in [4.78, 5) is 9.67. The third-order valence-electron chi connectivity index (χ3n) is 6.68. The Morgan fingerprint density at radius 2 is 1.21 bits per heavy atom. The number of anilines is 3. The fourth-order valence-corrected chi connectivity index (χ4v) is 6.48. The number of fused-ring (bicyclic) bond motifs is 1. The quantitative estimate of drug-likeness (QED) is 0.0739. The zero-order valence-corrected chi connectivity index (χ0v) is 37.1. The zero-order valence-electron chi connectivity index (χ0n) is 27.9. The third kappa shape index (κ3) is 11.0. The van der Waals surface area contributed by atoms with Crippen LogP contribution in [0.25, 0.3) is 10.8 Å². The molecule has 5 rings (SSSR count). The Kier molecular flexibility index (Phi) is 16.0. The summed E-state index contributed by atoms with van der Waals surface area (Å²) in [5, 5.41) is 19.3. The van der Waals surface area contributed by atoms with E-state index in [2.05, 4.69) is 40.7 Å². The maximum Gasteiger partial charge on any atom is 0.296 e. The Bertz CT molecular complexity index is 2560. The van der Waals surface area contributed by atoms with Crippen LogP contribution in [-0.4, -0.2) is 143 Å². The van der Waals surface area contributed by atoms with Gasteiger partial charge in [-0.05, 0) is 85.1 Å². The van der Waals surface area contributed by atoms with Gasteiger partial charge in [-0.25, -0.2) is 0 Å². The van der Waals surface area contributed by atoms with Crippen LogP contribution in [0.1, 0.15) is 11.1 Å². The molecule has 0 amide bonds. The smallest absolute Gasteiger partial charge is 0.296 e. The molecule has 257 valence electrons. The summed E-state index contributed by atoms with van der Waals surface area (Å²) >= 11 is 5.87. The molecule has 5 aromatic rings. The van der Waals surface area contributed by atoms with Crippen LogP contribution >= 0.6 is 11.6 Å².